The van der Waals surface area contributed by atoms with Crippen LogP contribution in [0, 0.1) is 0 Å². The minimum absolute atomic E-state index is 0.280. The molecule has 0 amide bonds. The van der Waals surface area contributed by atoms with Gasteiger partial charge in [-0.3, -0.25) is 0 Å². The van der Waals surface area contributed by atoms with Gasteiger partial charge < -0.3 is 4.90 Å². The Hall–Kier alpha value is -0.880. The molecule has 6 heteroatoms. The van der Waals surface area contributed by atoms with E-state index in [0.29, 0.717) is 18.1 Å². The molecular formula is C15H22ClN2O2S+. The van der Waals surface area contributed by atoms with Crippen LogP contribution in [0.25, 0.3) is 0 Å². The van der Waals surface area contributed by atoms with Gasteiger partial charge >= 0.3 is 0 Å². The SMILES string of the molecule is CC(C)=CC[NH+]1CCN(S(=O)(=O)c2cccc(Cl)c2)CC1. The first kappa shape index (κ1) is 16.5. The van der Waals surface area contributed by atoms with E-state index in [9.17, 15) is 8.42 Å². The summed E-state index contributed by atoms with van der Waals surface area (Å²) in [7, 11) is -3.42. The van der Waals surface area contributed by atoms with Gasteiger partial charge in [-0.25, -0.2) is 8.42 Å². The highest BCUT2D eigenvalue weighted by molar-refractivity contribution is 7.89. The van der Waals surface area contributed by atoms with Crippen molar-refractivity contribution in [1.29, 1.82) is 0 Å². The molecule has 0 spiro atoms. The molecule has 116 valence electrons. The third kappa shape index (κ3) is 4.30. The first-order chi connectivity index (χ1) is 9.89. The molecule has 0 unspecified atom stereocenters. The van der Waals surface area contributed by atoms with Crippen molar-refractivity contribution in [2.24, 2.45) is 0 Å². The lowest BCUT2D eigenvalue weighted by atomic mass is 10.3. The van der Waals surface area contributed by atoms with Gasteiger partial charge in [0.05, 0.1) is 37.6 Å². The average Bonchev–Trinajstić information content (AvgIpc) is 2.45. The van der Waals surface area contributed by atoms with Crippen LogP contribution < -0.4 is 4.90 Å². The standard InChI is InChI=1S/C15H21ClN2O2S/c1-13(2)6-7-17-8-10-18(11-9-17)21(19,20)15-5-3-4-14(16)12-15/h3-6,12H,7-11H2,1-2H3/p+1. The highest BCUT2D eigenvalue weighted by Crippen LogP contribution is 2.19. The van der Waals surface area contributed by atoms with Crippen molar-refractivity contribution in [3.05, 3.63) is 40.9 Å². The molecular weight excluding hydrogens is 308 g/mol. The maximum Gasteiger partial charge on any atom is 0.243 e. The summed E-state index contributed by atoms with van der Waals surface area (Å²) in [5.41, 5.74) is 1.30. The molecule has 21 heavy (non-hydrogen) atoms. The van der Waals surface area contributed by atoms with Crippen LogP contribution in [0.2, 0.25) is 5.02 Å². The van der Waals surface area contributed by atoms with Crippen molar-refractivity contribution in [2.45, 2.75) is 18.7 Å². The predicted octanol–water partition coefficient (Wildman–Crippen LogP) is 1.20. The van der Waals surface area contributed by atoms with Crippen molar-refractivity contribution in [2.75, 3.05) is 32.7 Å². The minimum atomic E-state index is -3.42. The fourth-order valence-electron chi connectivity index (χ4n) is 2.37. The number of nitrogens with zero attached hydrogens (tertiary/aromatic N) is 1. The molecule has 0 radical (unpaired) electrons. The van der Waals surface area contributed by atoms with Crippen molar-refractivity contribution in [3.63, 3.8) is 0 Å². The molecule has 1 aromatic carbocycles. The molecule has 1 heterocycles. The quantitative estimate of drug-likeness (QED) is 0.843. The molecule has 0 aliphatic carbocycles. The number of benzene rings is 1. The number of piperazine rings is 1. The van der Waals surface area contributed by atoms with Gasteiger partial charge in [0.1, 0.15) is 0 Å². The molecule has 0 aromatic heterocycles. The summed E-state index contributed by atoms with van der Waals surface area (Å²) in [6.07, 6.45) is 2.20. The van der Waals surface area contributed by atoms with Gasteiger partial charge in [-0.05, 0) is 38.1 Å². The second-order valence-electron chi connectivity index (χ2n) is 5.60. The predicted molar refractivity (Wildman–Crippen MR) is 85.2 cm³/mol. The monoisotopic (exact) mass is 329 g/mol. The van der Waals surface area contributed by atoms with Gasteiger partial charge in [-0.15, -0.1) is 0 Å². The second-order valence-corrected chi connectivity index (χ2v) is 7.97. The zero-order valence-corrected chi connectivity index (χ0v) is 14.0. The van der Waals surface area contributed by atoms with Crippen molar-refractivity contribution in [3.8, 4) is 0 Å². The maximum atomic E-state index is 12.6. The Bertz CT molecular complexity index is 616. The second kappa shape index (κ2) is 6.92. The third-order valence-corrected chi connectivity index (χ3v) is 5.79. The third-order valence-electron chi connectivity index (χ3n) is 3.66. The number of quaternary nitrogens is 1. The van der Waals surface area contributed by atoms with Crippen LogP contribution >= 0.6 is 11.6 Å². The summed E-state index contributed by atoms with van der Waals surface area (Å²) in [5.74, 6) is 0. The molecule has 0 atom stereocenters. The van der Waals surface area contributed by atoms with Gasteiger partial charge in [0.2, 0.25) is 10.0 Å². The van der Waals surface area contributed by atoms with Crippen molar-refractivity contribution >= 4 is 21.6 Å². The van der Waals surface area contributed by atoms with Gasteiger partial charge in [0.15, 0.2) is 0 Å². The molecule has 0 bridgehead atoms. The van der Waals surface area contributed by atoms with Crippen molar-refractivity contribution < 1.29 is 13.3 Å². The molecule has 1 N–H and O–H groups in total. The fourth-order valence-corrected chi connectivity index (χ4v) is 4.11. The van der Waals surface area contributed by atoms with E-state index in [0.717, 1.165) is 19.6 Å². The smallest absolute Gasteiger partial charge is 0.243 e. The zero-order valence-electron chi connectivity index (χ0n) is 12.5. The van der Waals surface area contributed by atoms with Crippen LogP contribution in [0.15, 0.2) is 40.8 Å². The first-order valence-corrected chi connectivity index (χ1v) is 8.94. The number of nitrogens with one attached hydrogen (secondary N) is 1. The Morgan fingerprint density at radius 2 is 2.00 bits per heavy atom. The maximum absolute atomic E-state index is 12.6. The van der Waals surface area contributed by atoms with E-state index in [1.807, 2.05) is 0 Å². The largest absolute Gasteiger partial charge is 0.329 e. The Morgan fingerprint density at radius 3 is 2.57 bits per heavy atom. The van der Waals surface area contributed by atoms with E-state index in [4.69, 9.17) is 11.6 Å². The fraction of sp³-hybridized carbons (Fsp3) is 0.467. The van der Waals surface area contributed by atoms with Crippen LogP contribution in [0.5, 0.6) is 0 Å². The molecule has 1 fully saturated rings. The highest BCUT2D eigenvalue weighted by atomic mass is 35.5. The Morgan fingerprint density at radius 1 is 1.33 bits per heavy atom. The molecule has 1 aromatic rings. The van der Waals surface area contributed by atoms with Crippen molar-refractivity contribution in [1.82, 2.24) is 4.31 Å². The van der Waals surface area contributed by atoms with Gasteiger partial charge in [-0.2, -0.15) is 4.31 Å². The van der Waals surface area contributed by atoms with E-state index in [1.54, 1.807) is 22.5 Å². The van der Waals surface area contributed by atoms with Crippen LogP contribution in [0.4, 0.5) is 0 Å². The zero-order chi connectivity index (χ0) is 15.5. The van der Waals surface area contributed by atoms with E-state index in [1.165, 1.54) is 16.5 Å². The Balaban J connectivity index is 2.03. The van der Waals surface area contributed by atoms with Crippen LogP contribution in [0.1, 0.15) is 13.8 Å². The molecule has 1 saturated heterocycles. The lowest BCUT2D eigenvalue weighted by molar-refractivity contribution is -0.897. The van der Waals surface area contributed by atoms with Gasteiger partial charge in [0.25, 0.3) is 0 Å². The molecule has 0 saturated carbocycles. The molecule has 1 aliphatic heterocycles. The molecule has 1 aliphatic rings. The van der Waals surface area contributed by atoms with E-state index < -0.39 is 10.0 Å². The number of halogens is 1. The summed E-state index contributed by atoms with van der Waals surface area (Å²) < 4.78 is 26.7. The minimum Gasteiger partial charge on any atom is -0.329 e. The Labute approximate surface area is 132 Å². The van der Waals surface area contributed by atoms with E-state index in [2.05, 4.69) is 19.9 Å². The molecule has 4 nitrogen and oxygen atoms in total. The number of rotatable bonds is 4. The summed E-state index contributed by atoms with van der Waals surface area (Å²) in [5, 5.41) is 0.448. The van der Waals surface area contributed by atoms with E-state index >= 15 is 0 Å². The summed E-state index contributed by atoms with van der Waals surface area (Å²) in [6.45, 7) is 7.92. The lowest BCUT2D eigenvalue weighted by Crippen LogP contribution is -3.14. The highest BCUT2D eigenvalue weighted by Gasteiger charge is 2.30. The first-order valence-electron chi connectivity index (χ1n) is 7.12. The van der Waals surface area contributed by atoms with E-state index in [-0.39, 0.29) is 4.90 Å². The number of allylic oxidation sites excluding steroid dienone is 1. The van der Waals surface area contributed by atoms with Gasteiger partial charge in [-0.1, -0.05) is 23.2 Å². The average molecular weight is 330 g/mol. The molecule has 2 rings (SSSR count). The normalized spacial score (nSPS) is 17.7. The summed E-state index contributed by atoms with van der Waals surface area (Å²) in [4.78, 5) is 1.71. The number of sulfonamides is 1. The topological polar surface area (TPSA) is 41.8 Å². The Kier molecular flexibility index (Phi) is 5.43. The summed E-state index contributed by atoms with van der Waals surface area (Å²) >= 11 is 5.89. The van der Waals surface area contributed by atoms with Gasteiger partial charge in [0, 0.05) is 5.02 Å². The number of hydrogen-bond acceptors (Lipinski definition) is 2. The van der Waals surface area contributed by atoms with Crippen LogP contribution in [0.3, 0.4) is 0 Å². The van der Waals surface area contributed by atoms with Crippen LogP contribution in [-0.2, 0) is 10.0 Å². The summed E-state index contributed by atoms with van der Waals surface area (Å²) in [6, 6.07) is 6.47. The number of hydrogen-bond donors (Lipinski definition) is 1. The lowest BCUT2D eigenvalue weighted by Gasteiger charge is -2.31. The van der Waals surface area contributed by atoms with Crippen LogP contribution in [-0.4, -0.2) is 45.4 Å².